The Morgan fingerprint density at radius 1 is 0.970 bits per heavy atom. The minimum Gasteiger partial charge on any atom is -0.360 e. The van der Waals surface area contributed by atoms with Crippen LogP contribution in [0.15, 0.2) is 72.9 Å². The van der Waals surface area contributed by atoms with E-state index < -0.39 is 0 Å². The fourth-order valence-electron chi connectivity index (χ4n) is 4.21. The van der Waals surface area contributed by atoms with Gasteiger partial charge < -0.3 is 10.2 Å². The van der Waals surface area contributed by atoms with Crippen LogP contribution >= 0.6 is 0 Å². The average molecular weight is 442 g/mol. The van der Waals surface area contributed by atoms with Gasteiger partial charge in [0.25, 0.3) is 0 Å². The normalized spacial score (nSPS) is 15.6. The maximum absolute atomic E-state index is 13.1. The van der Waals surface area contributed by atoms with Crippen molar-refractivity contribution < 1.29 is 9.18 Å². The van der Waals surface area contributed by atoms with Gasteiger partial charge in [-0.15, -0.1) is 10.2 Å². The summed E-state index contributed by atoms with van der Waals surface area (Å²) in [6.07, 6.45) is 3.49. The topological polar surface area (TPSA) is 75.9 Å². The Labute approximate surface area is 190 Å². The number of anilines is 2. The lowest BCUT2D eigenvalue weighted by Gasteiger charge is -2.26. The summed E-state index contributed by atoms with van der Waals surface area (Å²) in [7, 11) is 1.92. The third-order valence-corrected chi connectivity index (χ3v) is 5.93. The van der Waals surface area contributed by atoms with Crippen molar-refractivity contribution in [1.29, 1.82) is 0 Å². The van der Waals surface area contributed by atoms with Gasteiger partial charge in [0.15, 0.2) is 5.82 Å². The molecule has 2 aromatic heterocycles. The number of hydrogen-bond donors (Lipinski definition) is 1. The van der Waals surface area contributed by atoms with Crippen LogP contribution < -0.4 is 10.2 Å². The zero-order valence-corrected chi connectivity index (χ0v) is 18.1. The molecule has 1 aliphatic rings. The first-order chi connectivity index (χ1) is 16.1. The monoisotopic (exact) mass is 442 g/mol. The van der Waals surface area contributed by atoms with Gasteiger partial charge in [-0.05, 0) is 73.0 Å². The van der Waals surface area contributed by atoms with Crippen molar-refractivity contribution in [3.63, 3.8) is 0 Å². The van der Waals surface area contributed by atoms with Gasteiger partial charge in [0.2, 0.25) is 5.91 Å². The van der Waals surface area contributed by atoms with Crippen molar-refractivity contribution in [2.24, 2.45) is 7.05 Å². The maximum atomic E-state index is 13.1. The van der Waals surface area contributed by atoms with E-state index in [0.29, 0.717) is 11.5 Å². The second kappa shape index (κ2) is 8.82. The van der Waals surface area contributed by atoms with Crippen LogP contribution in [0.3, 0.4) is 0 Å². The molecular formula is C25H23FN6O. The molecule has 0 saturated carbocycles. The van der Waals surface area contributed by atoms with Crippen LogP contribution in [0.2, 0.25) is 0 Å². The number of nitrogens with one attached hydrogen (secondary N) is 1. The van der Waals surface area contributed by atoms with Crippen molar-refractivity contribution in [3.05, 3.63) is 78.7 Å². The molecule has 2 aromatic carbocycles. The molecule has 1 N–H and O–H groups in total. The highest BCUT2D eigenvalue weighted by atomic mass is 19.1. The number of hydrogen-bond acceptors (Lipinski definition) is 5. The summed E-state index contributed by atoms with van der Waals surface area (Å²) in [5, 5.41) is 15.4. The summed E-state index contributed by atoms with van der Waals surface area (Å²) >= 11 is 0. The summed E-state index contributed by atoms with van der Waals surface area (Å²) < 4.78 is 15.0. The summed E-state index contributed by atoms with van der Waals surface area (Å²) in [5.74, 6) is -0.0142. The summed E-state index contributed by atoms with van der Waals surface area (Å²) in [4.78, 5) is 15.1. The van der Waals surface area contributed by atoms with Crippen LogP contribution in [0.4, 0.5) is 15.9 Å². The number of nitrogens with zero attached hydrogens (tertiary/aromatic N) is 5. The number of halogens is 1. The Hall–Kier alpha value is -4.07. The van der Waals surface area contributed by atoms with Gasteiger partial charge in [-0.1, -0.05) is 12.1 Å². The molecule has 1 saturated heterocycles. The van der Waals surface area contributed by atoms with Gasteiger partial charge in [-0.2, -0.15) is 5.10 Å². The number of benzene rings is 2. The van der Waals surface area contributed by atoms with E-state index in [1.54, 1.807) is 30.5 Å². The molecule has 1 aliphatic heterocycles. The highest BCUT2D eigenvalue weighted by Gasteiger charge is 2.31. The minimum absolute atomic E-state index is 0.105. The van der Waals surface area contributed by atoms with Crippen molar-refractivity contribution in [2.45, 2.75) is 18.9 Å². The maximum Gasteiger partial charge on any atom is 0.248 e. The summed E-state index contributed by atoms with van der Waals surface area (Å²) in [6.45, 7) is 0.818. The molecule has 1 amide bonds. The van der Waals surface area contributed by atoms with E-state index >= 15 is 0 Å². The molecule has 166 valence electrons. The fourth-order valence-corrected chi connectivity index (χ4v) is 4.21. The number of carbonyl (C=O) groups is 1. The molecule has 1 atom stereocenters. The number of amides is 1. The molecule has 5 rings (SSSR count). The molecule has 33 heavy (non-hydrogen) atoms. The van der Waals surface area contributed by atoms with Crippen LogP contribution in [-0.4, -0.2) is 38.5 Å². The Morgan fingerprint density at radius 2 is 1.73 bits per heavy atom. The van der Waals surface area contributed by atoms with Gasteiger partial charge in [0.05, 0.1) is 11.4 Å². The summed E-state index contributed by atoms with van der Waals surface area (Å²) in [6, 6.07) is 19.4. The summed E-state index contributed by atoms with van der Waals surface area (Å²) in [5.41, 5.74) is 4.51. The quantitative estimate of drug-likeness (QED) is 0.499. The molecule has 1 fully saturated rings. The first-order valence-corrected chi connectivity index (χ1v) is 10.8. The van der Waals surface area contributed by atoms with E-state index in [1.165, 1.54) is 12.1 Å². The molecule has 0 bridgehead atoms. The third-order valence-electron chi connectivity index (χ3n) is 5.93. The first-order valence-electron chi connectivity index (χ1n) is 10.8. The van der Waals surface area contributed by atoms with Crippen molar-refractivity contribution in [2.75, 3.05) is 16.8 Å². The largest absolute Gasteiger partial charge is 0.360 e. The lowest BCUT2D eigenvalue weighted by atomic mass is 10.1. The Morgan fingerprint density at radius 3 is 2.39 bits per heavy atom. The predicted molar refractivity (Wildman–Crippen MR) is 125 cm³/mol. The van der Waals surface area contributed by atoms with Crippen molar-refractivity contribution >= 4 is 17.4 Å². The van der Waals surface area contributed by atoms with Crippen LogP contribution in [0.1, 0.15) is 12.8 Å². The molecule has 7 nitrogen and oxygen atoms in total. The lowest BCUT2D eigenvalue weighted by Crippen LogP contribution is -2.39. The second-order valence-corrected chi connectivity index (χ2v) is 8.04. The highest BCUT2D eigenvalue weighted by Crippen LogP contribution is 2.29. The molecular weight excluding hydrogens is 419 g/mol. The van der Waals surface area contributed by atoms with Gasteiger partial charge in [-0.25, -0.2) is 4.39 Å². The lowest BCUT2D eigenvalue weighted by molar-refractivity contribution is -0.117. The first kappa shape index (κ1) is 20.8. The average Bonchev–Trinajstić information content (AvgIpc) is 3.50. The zero-order chi connectivity index (χ0) is 22.8. The number of carbonyl (C=O) groups excluding carboxylic acids is 1. The molecule has 8 heteroatoms. The number of rotatable bonds is 5. The zero-order valence-electron chi connectivity index (χ0n) is 18.1. The van der Waals surface area contributed by atoms with E-state index in [0.717, 1.165) is 41.9 Å². The molecule has 0 unspecified atom stereocenters. The Balaban J connectivity index is 1.27. The number of aromatic nitrogens is 4. The second-order valence-electron chi connectivity index (χ2n) is 8.04. The fraction of sp³-hybridized carbons (Fsp3) is 0.200. The van der Waals surface area contributed by atoms with Crippen LogP contribution in [-0.2, 0) is 11.8 Å². The molecule has 0 aliphatic carbocycles. The van der Waals surface area contributed by atoms with Crippen LogP contribution in [0.25, 0.3) is 22.5 Å². The molecule has 3 heterocycles. The highest BCUT2D eigenvalue weighted by molar-refractivity contribution is 5.96. The van der Waals surface area contributed by atoms with Crippen molar-refractivity contribution in [3.8, 4) is 22.5 Å². The van der Waals surface area contributed by atoms with E-state index in [2.05, 4.69) is 37.6 Å². The molecule has 0 radical (unpaired) electrons. The van der Waals surface area contributed by atoms with Gasteiger partial charge in [-0.3, -0.25) is 9.48 Å². The molecule has 4 aromatic rings. The van der Waals surface area contributed by atoms with Crippen molar-refractivity contribution in [1.82, 2.24) is 20.0 Å². The number of aryl methyl sites for hydroxylation is 1. The third kappa shape index (κ3) is 4.32. The van der Waals surface area contributed by atoms with Crippen LogP contribution in [0.5, 0.6) is 0 Å². The van der Waals surface area contributed by atoms with Crippen LogP contribution in [0, 0.1) is 5.82 Å². The smallest absolute Gasteiger partial charge is 0.248 e. The van der Waals surface area contributed by atoms with Gasteiger partial charge >= 0.3 is 0 Å². The minimum atomic E-state index is -0.302. The molecule has 0 spiro atoms. The standard InChI is InChI=1S/C25H23FN6O/c1-31-22(14-15-27-31)18-6-10-20(11-7-18)32-16-2-3-23(32)25(33)28-24-13-12-21(29-30-24)17-4-8-19(26)9-5-17/h4-15,23H,2-3,16H2,1H3,(H,28,30,33)/t23-/m0/s1. The Kier molecular flexibility index (Phi) is 5.56. The SMILES string of the molecule is Cn1nccc1-c1ccc(N2CCC[C@H]2C(=O)Nc2ccc(-c3ccc(F)cc3)nn2)cc1. The predicted octanol–water partition coefficient (Wildman–Crippen LogP) is 4.29. The van der Waals surface area contributed by atoms with E-state index in [4.69, 9.17) is 0 Å². The van der Waals surface area contributed by atoms with Gasteiger partial charge in [0.1, 0.15) is 11.9 Å². The Bertz CT molecular complexity index is 1250. The van der Waals surface area contributed by atoms with Gasteiger partial charge in [0, 0.05) is 31.0 Å². The van der Waals surface area contributed by atoms with E-state index in [-0.39, 0.29) is 17.8 Å². The van der Waals surface area contributed by atoms with E-state index in [9.17, 15) is 9.18 Å². The van der Waals surface area contributed by atoms with E-state index in [1.807, 2.05) is 29.9 Å².